The molecular formula is C22H14N6Na2O11S2. The van der Waals surface area contributed by atoms with E-state index in [2.05, 4.69) is 21.1 Å². The van der Waals surface area contributed by atoms with Crippen LogP contribution in [0.25, 0.3) is 10.8 Å². The van der Waals surface area contributed by atoms with Gasteiger partial charge in [0.25, 0.3) is 15.8 Å². The third kappa shape index (κ3) is 8.03. The Balaban J connectivity index is 0.00000323. The molecule has 0 unspecified atom stereocenters. The minimum absolute atomic E-state index is 0. The Morgan fingerprint density at radius 2 is 1.53 bits per heavy atom. The van der Waals surface area contributed by atoms with Gasteiger partial charge in [0.2, 0.25) is 10.9 Å². The molecule has 4 rings (SSSR count). The molecule has 0 aliphatic rings. The molecule has 0 fully saturated rings. The maximum Gasteiger partial charge on any atom is 1.00 e. The summed E-state index contributed by atoms with van der Waals surface area (Å²) in [6, 6.07) is 8.08. The van der Waals surface area contributed by atoms with E-state index < -0.39 is 68.0 Å². The second kappa shape index (κ2) is 13.6. The van der Waals surface area contributed by atoms with Crippen molar-refractivity contribution in [1.29, 1.82) is 0 Å². The van der Waals surface area contributed by atoms with E-state index in [4.69, 9.17) is 5.73 Å². The molecule has 0 amide bonds. The van der Waals surface area contributed by atoms with E-state index in [9.17, 15) is 50.8 Å². The summed E-state index contributed by atoms with van der Waals surface area (Å²) in [4.78, 5) is 33.6. The number of nitrogen functional groups attached to an aromatic ring is 1. The SMILES string of the molecule is Nc1cc(N/N=c2/c(=O)cc/c(=N/Nc3cc(S(=O)(=O)[O-])cc4cc(S(=O)(=O)O)cc([O-])c34)c2=O)ccc1[N+](=O)[O-].[Na+].[Na+]. The molecule has 0 aliphatic carbocycles. The van der Waals surface area contributed by atoms with Gasteiger partial charge in [-0.15, -0.1) is 0 Å². The minimum Gasteiger partial charge on any atom is -0.872 e. The number of nitrogens with zero attached hydrogens (tertiary/aromatic N) is 3. The number of rotatable bonds is 7. The average Bonchev–Trinajstić information content (AvgIpc) is 2.86. The van der Waals surface area contributed by atoms with Gasteiger partial charge in [0.05, 0.1) is 26.1 Å². The normalized spacial score (nSPS) is 12.3. The number of fused-ring (bicyclic) bond motifs is 1. The van der Waals surface area contributed by atoms with Crippen LogP contribution in [0.3, 0.4) is 0 Å². The first-order valence-corrected chi connectivity index (χ1v) is 13.6. The molecule has 0 aliphatic heterocycles. The number of nitro benzene ring substituents is 1. The number of anilines is 3. The molecule has 17 nitrogen and oxygen atoms in total. The van der Waals surface area contributed by atoms with Crippen molar-refractivity contribution in [2.75, 3.05) is 16.6 Å². The predicted octanol–water partition coefficient (Wildman–Crippen LogP) is -6.99. The van der Waals surface area contributed by atoms with E-state index in [0.29, 0.717) is 6.07 Å². The van der Waals surface area contributed by atoms with Gasteiger partial charge in [-0.3, -0.25) is 35.1 Å². The van der Waals surface area contributed by atoms with Crippen molar-refractivity contribution >= 4 is 53.8 Å². The first-order chi connectivity index (χ1) is 19.1. The smallest absolute Gasteiger partial charge is 0.872 e. The van der Waals surface area contributed by atoms with Crippen LogP contribution in [0.4, 0.5) is 22.7 Å². The van der Waals surface area contributed by atoms with Crippen molar-refractivity contribution in [2.45, 2.75) is 9.79 Å². The van der Waals surface area contributed by atoms with Gasteiger partial charge in [-0.2, -0.15) is 18.6 Å². The summed E-state index contributed by atoms with van der Waals surface area (Å²) in [6.45, 7) is 0. The summed E-state index contributed by atoms with van der Waals surface area (Å²) in [5.74, 6) is -1.01. The largest absolute Gasteiger partial charge is 1.00 e. The van der Waals surface area contributed by atoms with Crippen LogP contribution in [0.1, 0.15) is 0 Å². The Bertz CT molecular complexity index is 2220. The van der Waals surface area contributed by atoms with E-state index in [-0.39, 0.29) is 86.9 Å². The monoisotopic (exact) mass is 648 g/mol. The van der Waals surface area contributed by atoms with Crippen LogP contribution in [0, 0.1) is 10.1 Å². The summed E-state index contributed by atoms with van der Waals surface area (Å²) in [5, 5.41) is 29.2. The fourth-order valence-corrected chi connectivity index (χ4v) is 4.64. The van der Waals surface area contributed by atoms with E-state index in [0.717, 1.165) is 42.5 Å². The third-order valence-electron chi connectivity index (χ3n) is 5.44. The maximum absolute atomic E-state index is 12.9. The Labute approximate surface area is 284 Å². The fraction of sp³-hybridized carbons (Fsp3) is 0. The van der Waals surface area contributed by atoms with Crippen LogP contribution in [-0.4, -0.2) is 30.9 Å². The van der Waals surface area contributed by atoms with E-state index in [1.54, 1.807) is 0 Å². The first-order valence-electron chi connectivity index (χ1n) is 10.8. The number of nitrogens with two attached hydrogens (primary N) is 1. The molecule has 0 aromatic heterocycles. The molecule has 212 valence electrons. The first kappa shape index (κ1) is 36.0. The van der Waals surface area contributed by atoms with Crippen molar-refractivity contribution < 1.29 is 95.1 Å². The zero-order valence-electron chi connectivity index (χ0n) is 22.0. The van der Waals surface area contributed by atoms with Crippen molar-refractivity contribution in [2.24, 2.45) is 10.2 Å². The molecule has 0 radical (unpaired) electrons. The molecule has 0 atom stereocenters. The second-order valence-electron chi connectivity index (χ2n) is 8.16. The second-order valence-corrected chi connectivity index (χ2v) is 11.0. The summed E-state index contributed by atoms with van der Waals surface area (Å²) >= 11 is 0. The van der Waals surface area contributed by atoms with E-state index in [1.807, 2.05) is 0 Å². The van der Waals surface area contributed by atoms with Gasteiger partial charge >= 0.3 is 59.1 Å². The molecule has 0 bridgehead atoms. The van der Waals surface area contributed by atoms with Crippen LogP contribution >= 0.6 is 0 Å². The molecule has 4 aromatic carbocycles. The quantitative estimate of drug-likeness (QED) is 0.0476. The number of nitro groups is 1. The van der Waals surface area contributed by atoms with Crippen LogP contribution in [0.5, 0.6) is 5.75 Å². The van der Waals surface area contributed by atoms with Crippen LogP contribution in [-0.2, 0) is 20.2 Å². The van der Waals surface area contributed by atoms with Gasteiger partial charge in [0.1, 0.15) is 21.2 Å². The summed E-state index contributed by atoms with van der Waals surface area (Å²) in [5.41, 5.74) is 7.42. The van der Waals surface area contributed by atoms with E-state index >= 15 is 0 Å². The molecule has 0 saturated carbocycles. The zero-order chi connectivity index (χ0) is 30.3. The molecule has 21 heteroatoms. The predicted molar refractivity (Wildman–Crippen MR) is 138 cm³/mol. The third-order valence-corrected chi connectivity index (χ3v) is 7.08. The summed E-state index contributed by atoms with van der Waals surface area (Å²) in [7, 11) is -10.0. The molecule has 0 saturated heterocycles. The number of hydrogen-bond donors (Lipinski definition) is 4. The Hall–Kier alpha value is -3.24. The van der Waals surface area contributed by atoms with Crippen molar-refractivity contribution in [3.05, 3.63) is 95.9 Å². The fourth-order valence-electron chi connectivity index (χ4n) is 3.57. The molecule has 0 heterocycles. The zero-order valence-corrected chi connectivity index (χ0v) is 27.6. The number of benzene rings is 4. The van der Waals surface area contributed by atoms with Crippen LogP contribution in [0.15, 0.2) is 84.2 Å². The van der Waals surface area contributed by atoms with Crippen LogP contribution in [0.2, 0.25) is 0 Å². The number of hydrogen-bond acceptors (Lipinski definition) is 15. The van der Waals surface area contributed by atoms with E-state index in [1.165, 1.54) is 6.07 Å². The Morgan fingerprint density at radius 1 is 0.884 bits per heavy atom. The molecule has 5 N–H and O–H groups in total. The standard InChI is InChI=1S/C22H16N6O11S2.2Na/c23-14-7-11(1-3-17(14)28(32)33)24-27-21-18(29)4-2-15(22(21)31)25-26-16-8-12(40(34,35)36)5-10-6-13(41(37,38)39)9-19(30)20(10)16;;/h1-9,24,26,30H,23H2,(H,34,35,36)(H,37,38,39);;/q;2*+1/p-2/b25-15-,27-21-;;. The van der Waals surface area contributed by atoms with Gasteiger partial charge in [0.15, 0.2) is 5.36 Å². The maximum atomic E-state index is 12.9. The topological polar surface area (TPSA) is 287 Å². The van der Waals surface area contributed by atoms with Crippen molar-refractivity contribution in [1.82, 2.24) is 0 Å². The molecule has 4 aromatic rings. The van der Waals surface area contributed by atoms with Gasteiger partial charge in [-0.25, -0.2) is 8.42 Å². The summed E-state index contributed by atoms with van der Waals surface area (Å²) in [6.07, 6.45) is 0. The number of nitrogens with one attached hydrogen (secondary N) is 2. The average molecular weight is 648 g/mol. The van der Waals surface area contributed by atoms with Gasteiger partial charge < -0.3 is 15.4 Å². The molecule has 43 heavy (non-hydrogen) atoms. The summed E-state index contributed by atoms with van der Waals surface area (Å²) < 4.78 is 67.3. The Kier molecular flexibility index (Phi) is 11.4. The molecular weight excluding hydrogens is 634 g/mol. The molecule has 0 spiro atoms. The van der Waals surface area contributed by atoms with Crippen LogP contribution < -0.4 is 102 Å². The minimum atomic E-state index is -5.14. The van der Waals surface area contributed by atoms with Gasteiger partial charge in [0, 0.05) is 6.07 Å². The van der Waals surface area contributed by atoms with Crippen molar-refractivity contribution in [3.8, 4) is 5.75 Å². The Morgan fingerprint density at radius 3 is 2.12 bits per heavy atom. The van der Waals surface area contributed by atoms with Gasteiger partial charge in [-0.05, 0) is 59.3 Å². The van der Waals surface area contributed by atoms with Crippen molar-refractivity contribution in [3.63, 3.8) is 0 Å². The van der Waals surface area contributed by atoms with Gasteiger partial charge in [-0.1, -0.05) is 5.75 Å².